The van der Waals surface area contributed by atoms with Crippen molar-refractivity contribution in [2.75, 3.05) is 0 Å². The van der Waals surface area contributed by atoms with Crippen LogP contribution >= 0.6 is 23.2 Å². The molecular formula is C17H17Cl2NO. The summed E-state index contributed by atoms with van der Waals surface area (Å²) in [5, 5.41) is 4.80. The molecule has 1 saturated carbocycles. The molecule has 0 spiro atoms. The maximum atomic E-state index is 6.20. The number of ether oxygens (including phenoxy) is 1. The SMILES string of the molecule is Cc1ccc(Cl)c(Oc2ccc(Cl)cc2CNC2CC2)c1. The Labute approximate surface area is 135 Å². The van der Waals surface area contributed by atoms with Crippen LogP contribution in [0.2, 0.25) is 10.0 Å². The van der Waals surface area contributed by atoms with E-state index in [1.54, 1.807) is 0 Å². The van der Waals surface area contributed by atoms with Crippen molar-refractivity contribution >= 4 is 23.2 Å². The van der Waals surface area contributed by atoms with Gasteiger partial charge in [0.1, 0.15) is 11.5 Å². The molecule has 0 atom stereocenters. The van der Waals surface area contributed by atoms with Crippen LogP contribution in [0.5, 0.6) is 11.5 Å². The van der Waals surface area contributed by atoms with Gasteiger partial charge in [0.05, 0.1) is 5.02 Å². The van der Waals surface area contributed by atoms with Crippen molar-refractivity contribution in [1.29, 1.82) is 0 Å². The van der Waals surface area contributed by atoms with Crippen LogP contribution in [0.15, 0.2) is 36.4 Å². The van der Waals surface area contributed by atoms with Gasteiger partial charge < -0.3 is 10.1 Å². The maximum absolute atomic E-state index is 6.20. The fourth-order valence-corrected chi connectivity index (χ4v) is 2.49. The fourth-order valence-electron chi connectivity index (χ4n) is 2.13. The molecule has 0 aliphatic heterocycles. The van der Waals surface area contributed by atoms with E-state index >= 15 is 0 Å². The average molecular weight is 322 g/mol. The van der Waals surface area contributed by atoms with Crippen LogP contribution in [0.4, 0.5) is 0 Å². The highest BCUT2D eigenvalue weighted by molar-refractivity contribution is 6.32. The molecule has 0 radical (unpaired) electrons. The largest absolute Gasteiger partial charge is 0.455 e. The molecule has 21 heavy (non-hydrogen) atoms. The Hall–Kier alpha value is -1.22. The Kier molecular flexibility index (Phi) is 4.39. The topological polar surface area (TPSA) is 21.3 Å². The summed E-state index contributed by atoms with van der Waals surface area (Å²) in [4.78, 5) is 0. The monoisotopic (exact) mass is 321 g/mol. The molecule has 2 aromatic rings. The zero-order chi connectivity index (χ0) is 14.8. The Morgan fingerprint density at radius 1 is 1.10 bits per heavy atom. The highest BCUT2D eigenvalue weighted by Crippen LogP contribution is 2.33. The quantitative estimate of drug-likeness (QED) is 0.801. The Bertz CT molecular complexity index is 653. The molecule has 0 bridgehead atoms. The highest BCUT2D eigenvalue weighted by Gasteiger charge is 2.21. The number of benzene rings is 2. The second-order valence-electron chi connectivity index (χ2n) is 5.44. The van der Waals surface area contributed by atoms with Gasteiger partial charge in [0, 0.05) is 23.2 Å². The molecule has 0 saturated heterocycles. The smallest absolute Gasteiger partial charge is 0.146 e. The van der Waals surface area contributed by atoms with E-state index in [0.29, 0.717) is 21.8 Å². The summed E-state index contributed by atoms with van der Waals surface area (Å²) in [6.45, 7) is 2.77. The van der Waals surface area contributed by atoms with Crippen molar-refractivity contribution < 1.29 is 4.74 Å². The molecule has 0 heterocycles. The van der Waals surface area contributed by atoms with Crippen molar-refractivity contribution in [3.8, 4) is 11.5 Å². The molecule has 0 unspecified atom stereocenters. The standard InChI is InChI=1S/C17H17Cl2NO/c1-11-2-6-15(19)17(8-11)21-16-7-3-13(18)9-12(16)10-20-14-4-5-14/h2-3,6-9,14,20H,4-5,10H2,1H3. The first-order valence-corrected chi connectivity index (χ1v) is 7.83. The first-order valence-electron chi connectivity index (χ1n) is 7.07. The van der Waals surface area contributed by atoms with Crippen molar-refractivity contribution in [1.82, 2.24) is 5.32 Å². The number of hydrogen-bond donors (Lipinski definition) is 1. The van der Waals surface area contributed by atoms with Crippen molar-refractivity contribution in [2.24, 2.45) is 0 Å². The average Bonchev–Trinajstić information content (AvgIpc) is 3.27. The summed E-state index contributed by atoms with van der Waals surface area (Å²) >= 11 is 12.3. The van der Waals surface area contributed by atoms with E-state index in [-0.39, 0.29) is 0 Å². The molecule has 1 fully saturated rings. The third-order valence-corrected chi connectivity index (χ3v) is 4.04. The number of rotatable bonds is 5. The zero-order valence-corrected chi connectivity index (χ0v) is 13.3. The number of nitrogens with one attached hydrogen (secondary N) is 1. The lowest BCUT2D eigenvalue weighted by Gasteiger charge is -2.13. The second kappa shape index (κ2) is 6.27. The minimum atomic E-state index is 0.608. The minimum absolute atomic E-state index is 0.608. The number of halogens is 2. The van der Waals surface area contributed by atoms with Gasteiger partial charge in [0.15, 0.2) is 0 Å². The summed E-state index contributed by atoms with van der Waals surface area (Å²) in [5.74, 6) is 1.46. The van der Waals surface area contributed by atoms with Crippen molar-refractivity contribution in [3.63, 3.8) is 0 Å². The molecule has 1 N–H and O–H groups in total. The maximum Gasteiger partial charge on any atom is 0.146 e. The van der Waals surface area contributed by atoms with E-state index in [9.17, 15) is 0 Å². The van der Waals surface area contributed by atoms with Gasteiger partial charge in [-0.1, -0.05) is 29.3 Å². The predicted octanol–water partition coefficient (Wildman–Crippen LogP) is 5.35. The molecule has 110 valence electrons. The fraction of sp³-hybridized carbons (Fsp3) is 0.294. The predicted molar refractivity (Wildman–Crippen MR) is 87.6 cm³/mol. The van der Waals surface area contributed by atoms with Crippen LogP contribution in [-0.2, 0) is 6.54 Å². The highest BCUT2D eigenvalue weighted by atomic mass is 35.5. The lowest BCUT2D eigenvalue weighted by molar-refractivity contribution is 0.472. The first kappa shape index (κ1) is 14.7. The minimum Gasteiger partial charge on any atom is -0.455 e. The molecule has 0 amide bonds. The van der Waals surface area contributed by atoms with Gasteiger partial charge in [0.2, 0.25) is 0 Å². The van der Waals surface area contributed by atoms with Gasteiger partial charge in [-0.2, -0.15) is 0 Å². The second-order valence-corrected chi connectivity index (χ2v) is 6.29. The summed E-state index contributed by atoms with van der Waals surface area (Å²) in [6.07, 6.45) is 2.50. The van der Waals surface area contributed by atoms with Crippen molar-refractivity contribution in [3.05, 3.63) is 57.6 Å². The van der Waals surface area contributed by atoms with Gasteiger partial charge in [-0.15, -0.1) is 0 Å². The van der Waals surface area contributed by atoms with Gasteiger partial charge in [-0.3, -0.25) is 0 Å². The number of hydrogen-bond acceptors (Lipinski definition) is 2. The first-order chi connectivity index (χ1) is 10.1. The number of aryl methyl sites for hydroxylation is 1. The molecular weight excluding hydrogens is 305 g/mol. The molecule has 0 aromatic heterocycles. The van der Waals surface area contributed by atoms with Crippen LogP contribution in [0.1, 0.15) is 24.0 Å². The molecule has 1 aliphatic carbocycles. The molecule has 3 rings (SSSR count). The molecule has 4 heteroatoms. The van der Waals surface area contributed by atoms with Crippen LogP contribution in [0.25, 0.3) is 0 Å². The van der Waals surface area contributed by atoms with Crippen LogP contribution in [0.3, 0.4) is 0 Å². The summed E-state index contributed by atoms with van der Waals surface area (Å²) in [5.41, 5.74) is 2.16. The lowest BCUT2D eigenvalue weighted by Crippen LogP contribution is -2.15. The van der Waals surface area contributed by atoms with Gasteiger partial charge in [0.25, 0.3) is 0 Å². The van der Waals surface area contributed by atoms with Gasteiger partial charge >= 0.3 is 0 Å². The molecule has 1 aliphatic rings. The Morgan fingerprint density at radius 2 is 1.90 bits per heavy atom. The Balaban J connectivity index is 1.84. The lowest BCUT2D eigenvalue weighted by atomic mass is 10.2. The molecule has 2 nitrogen and oxygen atoms in total. The third kappa shape index (κ3) is 3.91. The van der Waals surface area contributed by atoms with E-state index in [4.69, 9.17) is 27.9 Å². The van der Waals surface area contributed by atoms with E-state index in [1.165, 1.54) is 12.8 Å². The van der Waals surface area contributed by atoms with E-state index < -0.39 is 0 Å². The summed E-state index contributed by atoms with van der Waals surface area (Å²) in [7, 11) is 0. The van der Waals surface area contributed by atoms with Crippen LogP contribution < -0.4 is 10.1 Å². The van der Waals surface area contributed by atoms with Crippen molar-refractivity contribution in [2.45, 2.75) is 32.4 Å². The summed E-state index contributed by atoms with van der Waals surface area (Å²) in [6, 6.07) is 12.1. The van der Waals surface area contributed by atoms with Crippen LogP contribution in [-0.4, -0.2) is 6.04 Å². The Morgan fingerprint density at radius 3 is 2.67 bits per heavy atom. The van der Waals surface area contributed by atoms with E-state index in [2.05, 4.69) is 5.32 Å². The molecule has 2 aromatic carbocycles. The normalized spacial score (nSPS) is 14.2. The van der Waals surface area contributed by atoms with E-state index in [0.717, 1.165) is 23.4 Å². The van der Waals surface area contributed by atoms with Gasteiger partial charge in [-0.25, -0.2) is 0 Å². The van der Waals surface area contributed by atoms with Crippen LogP contribution in [0, 0.1) is 6.92 Å². The zero-order valence-electron chi connectivity index (χ0n) is 11.8. The van der Waals surface area contributed by atoms with Gasteiger partial charge in [-0.05, 0) is 55.7 Å². The third-order valence-electron chi connectivity index (χ3n) is 3.49. The van der Waals surface area contributed by atoms with E-state index in [1.807, 2.05) is 43.3 Å². The summed E-state index contributed by atoms with van der Waals surface area (Å²) < 4.78 is 6.00.